The van der Waals surface area contributed by atoms with Crippen LogP contribution in [0.2, 0.25) is 0 Å². The number of nitrogens with zero attached hydrogens (tertiary/aromatic N) is 1. The molecule has 1 heterocycles. The third-order valence-corrected chi connectivity index (χ3v) is 7.44. The van der Waals surface area contributed by atoms with Crippen molar-refractivity contribution >= 4 is 17.5 Å². The molecule has 4 rings (SSSR count). The Kier molecular flexibility index (Phi) is 6.12. The monoisotopic (exact) mass is 439 g/mol. The minimum Gasteiger partial charge on any atom is -0.450 e. The summed E-state index contributed by atoms with van der Waals surface area (Å²) in [6.45, 7) is 16.5. The normalized spacial score (nSPS) is 33.4. The summed E-state index contributed by atoms with van der Waals surface area (Å²) in [5, 5.41) is 0. The highest BCUT2D eigenvalue weighted by Gasteiger charge is 2.54. The van der Waals surface area contributed by atoms with Crippen molar-refractivity contribution in [1.29, 1.82) is 0 Å². The first-order valence-corrected chi connectivity index (χ1v) is 11.5. The smallest absolute Gasteiger partial charge is 0.321 e. The highest BCUT2D eigenvalue weighted by molar-refractivity contribution is 6.19. The Hall–Kier alpha value is -2.31. The number of hydrogen-bond donors (Lipinski definition) is 0. The Morgan fingerprint density at radius 1 is 1.31 bits per heavy atom. The summed E-state index contributed by atoms with van der Waals surface area (Å²) in [6, 6.07) is 0. The second-order valence-corrected chi connectivity index (χ2v) is 9.88. The zero-order valence-corrected chi connectivity index (χ0v) is 19.4. The molecular formula is C26H33NO5. The zero-order valence-electron chi connectivity index (χ0n) is 19.4. The SMILES string of the molecule is C=C1CC[C@H](C(=C)C)[C@H]2C=C(C)C(=O)C3=C(C(=O)[C@@](C)(OC(=O)CN4CCOCC4)C3)C12. The molecule has 0 aromatic heterocycles. The van der Waals surface area contributed by atoms with E-state index < -0.39 is 11.6 Å². The van der Waals surface area contributed by atoms with Crippen molar-refractivity contribution in [3.05, 3.63) is 47.1 Å². The van der Waals surface area contributed by atoms with Crippen molar-refractivity contribution in [3.8, 4) is 0 Å². The lowest BCUT2D eigenvalue weighted by Crippen LogP contribution is -2.45. The Labute approximate surface area is 190 Å². The van der Waals surface area contributed by atoms with Gasteiger partial charge < -0.3 is 9.47 Å². The predicted octanol–water partition coefficient (Wildman–Crippen LogP) is 3.19. The van der Waals surface area contributed by atoms with Gasteiger partial charge in [-0.15, -0.1) is 0 Å². The summed E-state index contributed by atoms with van der Waals surface area (Å²) in [4.78, 5) is 41.7. The second-order valence-electron chi connectivity index (χ2n) is 9.88. The highest BCUT2D eigenvalue weighted by atomic mass is 16.6. The number of esters is 1. The minimum absolute atomic E-state index is 0.0273. The molecule has 3 aliphatic carbocycles. The molecule has 1 saturated heterocycles. The Morgan fingerprint density at radius 3 is 2.66 bits per heavy atom. The third-order valence-electron chi connectivity index (χ3n) is 7.44. The van der Waals surface area contributed by atoms with Crippen molar-refractivity contribution in [3.63, 3.8) is 0 Å². The van der Waals surface area contributed by atoms with E-state index in [2.05, 4.69) is 13.2 Å². The molecule has 6 nitrogen and oxygen atoms in total. The lowest BCUT2D eigenvalue weighted by Gasteiger charge is -2.39. The summed E-state index contributed by atoms with van der Waals surface area (Å²) in [5.41, 5.74) is 2.30. The summed E-state index contributed by atoms with van der Waals surface area (Å²) >= 11 is 0. The Bertz CT molecular complexity index is 951. The maximum atomic E-state index is 13.8. The van der Waals surface area contributed by atoms with Gasteiger partial charge in [-0.2, -0.15) is 0 Å². The topological polar surface area (TPSA) is 72.9 Å². The van der Waals surface area contributed by atoms with E-state index in [0.29, 0.717) is 43.0 Å². The number of carbonyl (C=O) groups excluding carboxylic acids is 3. The number of fused-ring (bicyclic) bond motifs is 2. The van der Waals surface area contributed by atoms with Gasteiger partial charge in [0.15, 0.2) is 11.4 Å². The van der Waals surface area contributed by atoms with Gasteiger partial charge in [-0.25, -0.2) is 0 Å². The molecule has 4 aliphatic rings. The molecule has 32 heavy (non-hydrogen) atoms. The molecule has 1 unspecified atom stereocenters. The maximum absolute atomic E-state index is 13.8. The van der Waals surface area contributed by atoms with Gasteiger partial charge in [0, 0.05) is 36.6 Å². The van der Waals surface area contributed by atoms with Crippen LogP contribution < -0.4 is 0 Å². The molecule has 0 amide bonds. The van der Waals surface area contributed by atoms with E-state index in [0.717, 1.165) is 24.0 Å². The van der Waals surface area contributed by atoms with Gasteiger partial charge in [-0.05, 0) is 51.0 Å². The van der Waals surface area contributed by atoms with E-state index in [9.17, 15) is 14.4 Å². The summed E-state index contributed by atoms with van der Waals surface area (Å²) < 4.78 is 11.1. The van der Waals surface area contributed by atoms with Crippen LogP contribution in [0.3, 0.4) is 0 Å². The first kappa shape index (κ1) is 22.9. The number of carbonyl (C=O) groups is 3. The highest BCUT2D eigenvalue weighted by Crippen LogP contribution is 2.52. The number of ether oxygens (including phenoxy) is 2. The summed E-state index contributed by atoms with van der Waals surface area (Å²) in [6.07, 6.45) is 3.84. The summed E-state index contributed by atoms with van der Waals surface area (Å²) in [7, 11) is 0. The molecule has 172 valence electrons. The van der Waals surface area contributed by atoms with E-state index >= 15 is 0 Å². The van der Waals surface area contributed by atoms with Gasteiger partial charge in [0.1, 0.15) is 0 Å². The van der Waals surface area contributed by atoms with Gasteiger partial charge in [-0.3, -0.25) is 19.3 Å². The first-order chi connectivity index (χ1) is 15.1. The van der Waals surface area contributed by atoms with Gasteiger partial charge in [-0.1, -0.05) is 30.4 Å². The van der Waals surface area contributed by atoms with E-state index in [1.54, 1.807) is 6.92 Å². The second kappa shape index (κ2) is 8.56. The van der Waals surface area contributed by atoms with Gasteiger partial charge in [0.25, 0.3) is 0 Å². The molecule has 2 fully saturated rings. The number of rotatable bonds is 4. The molecular weight excluding hydrogens is 406 g/mol. The van der Waals surface area contributed by atoms with Gasteiger partial charge in [0.2, 0.25) is 5.78 Å². The Morgan fingerprint density at radius 2 is 2.00 bits per heavy atom. The van der Waals surface area contributed by atoms with Crippen LogP contribution in [0.15, 0.2) is 47.1 Å². The largest absolute Gasteiger partial charge is 0.450 e. The Balaban J connectivity index is 1.63. The summed E-state index contributed by atoms with van der Waals surface area (Å²) in [5.74, 6) is -0.904. The molecule has 0 N–H and O–H groups in total. The minimum atomic E-state index is -1.36. The number of ketones is 2. The quantitative estimate of drug-likeness (QED) is 0.495. The first-order valence-electron chi connectivity index (χ1n) is 11.5. The molecule has 0 spiro atoms. The van der Waals surface area contributed by atoms with Crippen LogP contribution in [0.5, 0.6) is 0 Å². The molecule has 6 heteroatoms. The predicted molar refractivity (Wildman–Crippen MR) is 121 cm³/mol. The van der Waals surface area contributed by atoms with E-state index in [1.165, 1.54) is 0 Å². The van der Waals surface area contributed by atoms with Crippen molar-refractivity contribution in [2.75, 3.05) is 32.8 Å². The molecule has 0 radical (unpaired) electrons. The van der Waals surface area contributed by atoms with Crippen LogP contribution in [-0.4, -0.2) is 60.9 Å². The third kappa shape index (κ3) is 3.95. The number of allylic oxidation sites excluding steroid dienone is 4. The van der Waals surface area contributed by atoms with Crippen molar-refractivity contribution < 1.29 is 23.9 Å². The van der Waals surface area contributed by atoms with Crippen LogP contribution in [-0.2, 0) is 23.9 Å². The average Bonchev–Trinajstić information content (AvgIpc) is 2.92. The molecule has 0 bridgehead atoms. The van der Waals surface area contributed by atoms with Crippen molar-refractivity contribution in [2.45, 2.75) is 45.6 Å². The van der Waals surface area contributed by atoms with E-state index in [1.807, 2.05) is 24.8 Å². The standard InChI is InChI=1S/C26H33NO5/c1-15(2)18-7-6-16(3)22-19(18)12-17(4)24(29)20-13-26(5,25(30)23(20)22)32-21(28)14-27-8-10-31-11-9-27/h12,18-19,22H,1,3,6-11,13-14H2,2,4-5H3/t18-,19-,22?,26+/m1/s1. The van der Waals surface area contributed by atoms with Crippen LogP contribution >= 0.6 is 0 Å². The number of morpholine rings is 1. The van der Waals surface area contributed by atoms with Crippen molar-refractivity contribution in [2.24, 2.45) is 17.8 Å². The fraction of sp³-hybridized carbons (Fsp3) is 0.577. The van der Waals surface area contributed by atoms with Crippen molar-refractivity contribution in [1.82, 2.24) is 4.90 Å². The fourth-order valence-corrected chi connectivity index (χ4v) is 5.75. The van der Waals surface area contributed by atoms with Crippen LogP contribution in [0.4, 0.5) is 0 Å². The van der Waals surface area contributed by atoms with E-state index in [4.69, 9.17) is 9.47 Å². The lowest BCUT2D eigenvalue weighted by molar-refractivity contribution is -0.165. The average molecular weight is 440 g/mol. The lowest BCUT2D eigenvalue weighted by atomic mass is 9.64. The molecule has 0 aromatic carbocycles. The number of hydrogen-bond acceptors (Lipinski definition) is 6. The van der Waals surface area contributed by atoms with Gasteiger partial charge >= 0.3 is 5.97 Å². The number of Topliss-reactive ketones (excluding diaryl/α,β-unsaturated/α-hetero) is 2. The molecule has 0 aromatic rings. The van der Waals surface area contributed by atoms with Gasteiger partial charge in [0.05, 0.1) is 19.8 Å². The molecule has 1 saturated carbocycles. The molecule has 4 atom stereocenters. The van der Waals surface area contributed by atoms with Crippen LogP contribution in [0.1, 0.15) is 40.0 Å². The van der Waals surface area contributed by atoms with E-state index in [-0.39, 0.29) is 42.3 Å². The van der Waals surface area contributed by atoms with Crippen LogP contribution in [0, 0.1) is 17.8 Å². The maximum Gasteiger partial charge on any atom is 0.321 e. The zero-order chi connectivity index (χ0) is 23.2. The fourth-order valence-electron chi connectivity index (χ4n) is 5.75. The van der Waals surface area contributed by atoms with Crippen LogP contribution in [0.25, 0.3) is 0 Å². The molecule has 1 aliphatic heterocycles.